The molecule has 0 aliphatic heterocycles. The topological polar surface area (TPSA) is 131 Å². The Labute approximate surface area is 202 Å². The number of nitrogens with one attached hydrogen (secondary N) is 2. The van der Waals surface area contributed by atoms with Crippen molar-refractivity contribution in [3.05, 3.63) is 77.0 Å². The number of fused-ring (bicyclic) bond motifs is 3. The minimum atomic E-state index is -1.31. The molecule has 9 nitrogen and oxygen atoms in total. The molecule has 0 bridgehead atoms. The molecule has 1 aliphatic carbocycles. The average molecular weight is 478 g/mol. The Kier molecular flexibility index (Phi) is 7.14. The monoisotopic (exact) mass is 477 g/mol. The van der Waals surface area contributed by atoms with Gasteiger partial charge in [0.25, 0.3) is 0 Å². The molecule has 1 aromatic heterocycles. The highest BCUT2D eigenvalue weighted by Crippen LogP contribution is 2.44. The first kappa shape index (κ1) is 24.0. The van der Waals surface area contributed by atoms with Crippen molar-refractivity contribution in [1.29, 1.82) is 0 Å². The third kappa shape index (κ3) is 5.34. The molecule has 0 radical (unpaired) electrons. The summed E-state index contributed by atoms with van der Waals surface area (Å²) in [7, 11) is 0. The van der Waals surface area contributed by atoms with Crippen molar-refractivity contribution in [3.63, 3.8) is 0 Å². The summed E-state index contributed by atoms with van der Waals surface area (Å²) in [5.41, 5.74) is 4.93. The van der Waals surface area contributed by atoms with Gasteiger partial charge in [0, 0.05) is 12.3 Å². The summed E-state index contributed by atoms with van der Waals surface area (Å²) in [4.78, 5) is 40.8. The fourth-order valence-corrected chi connectivity index (χ4v) is 4.26. The van der Waals surface area contributed by atoms with E-state index in [1.165, 1.54) is 0 Å². The number of ether oxygens (including phenoxy) is 1. The Balaban J connectivity index is 1.38. The second-order valence-corrected chi connectivity index (χ2v) is 8.31. The van der Waals surface area contributed by atoms with Crippen molar-refractivity contribution >= 4 is 18.0 Å². The van der Waals surface area contributed by atoms with Crippen LogP contribution in [0.15, 0.2) is 52.9 Å². The third-order valence-corrected chi connectivity index (χ3v) is 5.99. The molecule has 0 spiro atoms. The van der Waals surface area contributed by atoms with Crippen molar-refractivity contribution in [2.75, 3.05) is 6.61 Å². The number of alkyl carbamates (subject to hydrolysis) is 1. The minimum absolute atomic E-state index is 0.0279. The van der Waals surface area contributed by atoms with E-state index < -0.39 is 30.4 Å². The van der Waals surface area contributed by atoms with Crippen LogP contribution in [0.4, 0.5) is 4.79 Å². The molecule has 35 heavy (non-hydrogen) atoms. The summed E-state index contributed by atoms with van der Waals surface area (Å²) in [6, 6.07) is 14.5. The lowest BCUT2D eigenvalue weighted by atomic mass is 9.98. The second kappa shape index (κ2) is 10.4. The van der Waals surface area contributed by atoms with Gasteiger partial charge in [-0.15, -0.1) is 0 Å². The van der Waals surface area contributed by atoms with Crippen LogP contribution in [0, 0.1) is 6.92 Å². The molecule has 1 heterocycles. The lowest BCUT2D eigenvalue weighted by Gasteiger charge is -2.18. The Bertz CT molecular complexity index is 1210. The molecule has 2 amide bonds. The first-order valence-electron chi connectivity index (χ1n) is 11.4. The number of nitrogens with zero attached hydrogens (tertiary/aromatic N) is 1. The van der Waals surface area contributed by atoms with Gasteiger partial charge in [0.15, 0.2) is 5.89 Å². The molecule has 1 aliphatic rings. The van der Waals surface area contributed by atoms with Gasteiger partial charge in [-0.2, -0.15) is 0 Å². The SMILES string of the molecule is CCc1nc(C)c(CNC(=O)C(CC(=O)O)NC(=O)OCC2c3ccccc3-c3ccccc32)o1. The molecule has 0 saturated carbocycles. The number of hydrogen-bond donors (Lipinski definition) is 3. The van der Waals surface area contributed by atoms with Gasteiger partial charge in [-0.05, 0) is 29.2 Å². The molecule has 3 aromatic rings. The van der Waals surface area contributed by atoms with Gasteiger partial charge in [0.05, 0.1) is 18.7 Å². The van der Waals surface area contributed by atoms with Crippen LogP contribution in [0.25, 0.3) is 11.1 Å². The van der Waals surface area contributed by atoms with Crippen LogP contribution in [0.3, 0.4) is 0 Å². The molecule has 3 N–H and O–H groups in total. The second-order valence-electron chi connectivity index (χ2n) is 8.31. The first-order chi connectivity index (χ1) is 16.9. The summed E-state index contributed by atoms with van der Waals surface area (Å²) in [5, 5.41) is 14.2. The number of carboxylic acids is 1. The van der Waals surface area contributed by atoms with Gasteiger partial charge < -0.3 is 24.9 Å². The van der Waals surface area contributed by atoms with Gasteiger partial charge in [0.2, 0.25) is 5.91 Å². The lowest BCUT2D eigenvalue weighted by Crippen LogP contribution is -2.48. The van der Waals surface area contributed by atoms with Gasteiger partial charge in [-0.3, -0.25) is 9.59 Å². The molecule has 1 unspecified atom stereocenters. The summed E-state index contributed by atoms with van der Waals surface area (Å²) >= 11 is 0. The molecule has 0 fully saturated rings. The fraction of sp³-hybridized carbons (Fsp3) is 0.308. The van der Waals surface area contributed by atoms with Crippen LogP contribution in [-0.2, 0) is 27.3 Å². The molecule has 4 rings (SSSR count). The van der Waals surface area contributed by atoms with Crippen LogP contribution in [0.5, 0.6) is 0 Å². The number of oxazole rings is 1. The number of amides is 2. The molecular weight excluding hydrogens is 450 g/mol. The molecule has 9 heteroatoms. The van der Waals surface area contributed by atoms with Gasteiger partial charge in [-0.1, -0.05) is 55.5 Å². The molecule has 182 valence electrons. The maximum Gasteiger partial charge on any atom is 0.407 e. The number of rotatable bonds is 9. The predicted octanol–water partition coefficient (Wildman–Crippen LogP) is 3.54. The number of aryl methyl sites for hydroxylation is 2. The Morgan fingerprint density at radius 3 is 2.29 bits per heavy atom. The number of aliphatic carboxylic acids is 1. The minimum Gasteiger partial charge on any atom is -0.481 e. The maximum atomic E-state index is 12.7. The van der Waals surface area contributed by atoms with Crippen molar-refractivity contribution in [2.24, 2.45) is 0 Å². The molecular formula is C26H27N3O6. The van der Waals surface area contributed by atoms with Crippen LogP contribution in [0.2, 0.25) is 0 Å². The highest BCUT2D eigenvalue weighted by atomic mass is 16.5. The third-order valence-electron chi connectivity index (χ3n) is 5.99. The predicted molar refractivity (Wildman–Crippen MR) is 127 cm³/mol. The Morgan fingerprint density at radius 2 is 1.71 bits per heavy atom. The fourth-order valence-electron chi connectivity index (χ4n) is 4.26. The van der Waals surface area contributed by atoms with Crippen LogP contribution >= 0.6 is 0 Å². The highest BCUT2D eigenvalue weighted by Gasteiger charge is 2.30. The van der Waals surface area contributed by atoms with E-state index in [0.29, 0.717) is 23.8 Å². The number of carbonyl (C=O) groups excluding carboxylic acids is 2. The van der Waals surface area contributed by atoms with Crippen LogP contribution in [0.1, 0.15) is 47.7 Å². The highest BCUT2D eigenvalue weighted by molar-refractivity contribution is 5.89. The Hall–Kier alpha value is -4.14. The van der Waals surface area contributed by atoms with E-state index in [1.54, 1.807) is 6.92 Å². The zero-order valence-electron chi connectivity index (χ0n) is 19.5. The van der Waals surface area contributed by atoms with E-state index in [4.69, 9.17) is 9.15 Å². The number of benzene rings is 2. The van der Waals surface area contributed by atoms with Crippen molar-refractivity contribution in [1.82, 2.24) is 15.6 Å². The standard InChI is InChI=1S/C26H27N3O6/c1-3-23-28-15(2)22(35-23)13-27-25(32)21(12-24(30)31)29-26(33)34-14-20-18-10-6-4-8-16(18)17-9-5-7-11-19(17)20/h4-11,20-21H,3,12-14H2,1-2H3,(H,27,32)(H,29,33)(H,30,31). The van der Waals surface area contributed by atoms with E-state index in [-0.39, 0.29) is 19.1 Å². The molecule has 0 saturated heterocycles. The van der Waals surface area contributed by atoms with Crippen molar-refractivity contribution < 1.29 is 28.6 Å². The van der Waals surface area contributed by atoms with Gasteiger partial charge in [-0.25, -0.2) is 9.78 Å². The van der Waals surface area contributed by atoms with E-state index >= 15 is 0 Å². The van der Waals surface area contributed by atoms with Gasteiger partial charge in [0.1, 0.15) is 18.4 Å². The number of hydrogen-bond acceptors (Lipinski definition) is 6. The smallest absolute Gasteiger partial charge is 0.407 e. The largest absolute Gasteiger partial charge is 0.481 e. The van der Waals surface area contributed by atoms with E-state index in [0.717, 1.165) is 22.3 Å². The normalized spacial score (nSPS) is 13.0. The molecule has 2 aromatic carbocycles. The van der Waals surface area contributed by atoms with Gasteiger partial charge >= 0.3 is 12.1 Å². The quantitative estimate of drug-likeness (QED) is 0.430. The van der Waals surface area contributed by atoms with Crippen LogP contribution < -0.4 is 10.6 Å². The summed E-state index contributed by atoms with van der Waals surface area (Å²) in [6.07, 6.45) is -0.844. The maximum absolute atomic E-state index is 12.7. The summed E-state index contributed by atoms with van der Waals surface area (Å²) in [5.74, 6) is -1.01. The summed E-state index contributed by atoms with van der Waals surface area (Å²) in [6.45, 7) is 3.74. The van der Waals surface area contributed by atoms with Crippen molar-refractivity contribution in [3.8, 4) is 11.1 Å². The zero-order valence-corrected chi connectivity index (χ0v) is 19.5. The average Bonchev–Trinajstić information content (AvgIpc) is 3.37. The number of carboxylic acid groups (broad SMARTS) is 1. The lowest BCUT2D eigenvalue weighted by molar-refractivity contribution is -0.139. The first-order valence-corrected chi connectivity index (χ1v) is 11.4. The van der Waals surface area contributed by atoms with E-state index in [2.05, 4.69) is 15.6 Å². The summed E-state index contributed by atoms with van der Waals surface area (Å²) < 4.78 is 11.0. The number of carbonyl (C=O) groups is 3. The van der Waals surface area contributed by atoms with Crippen molar-refractivity contribution in [2.45, 2.75) is 45.2 Å². The van der Waals surface area contributed by atoms with Crippen LogP contribution in [-0.4, -0.2) is 40.7 Å². The van der Waals surface area contributed by atoms with E-state index in [9.17, 15) is 19.5 Å². The molecule has 1 atom stereocenters. The zero-order chi connectivity index (χ0) is 24.9. The number of aromatic nitrogens is 1. The van der Waals surface area contributed by atoms with E-state index in [1.807, 2.05) is 55.5 Å². The Morgan fingerprint density at radius 1 is 1.09 bits per heavy atom.